The van der Waals surface area contributed by atoms with Crippen LogP contribution in [-0.4, -0.2) is 87.4 Å². The van der Waals surface area contributed by atoms with Crippen LogP contribution >= 0.6 is 0 Å². The molecule has 4 rings (SSSR count). The molecular formula is C34H45N7O. The summed E-state index contributed by atoms with van der Waals surface area (Å²) in [7, 11) is 9.34. The summed E-state index contributed by atoms with van der Waals surface area (Å²) in [5, 5.41) is 25.6. The lowest BCUT2D eigenvalue weighted by atomic mass is 9.68. The van der Waals surface area contributed by atoms with Gasteiger partial charge in [-0.15, -0.1) is 0 Å². The first kappa shape index (κ1) is 30.9. The molecule has 222 valence electrons. The van der Waals surface area contributed by atoms with Crippen LogP contribution in [0, 0.1) is 16.7 Å². The van der Waals surface area contributed by atoms with Gasteiger partial charge in [-0.3, -0.25) is 10.2 Å². The van der Waals surface area contributed by atoms with Gasteiger partial charge in [0.2, 0.25) is 0 Å². The van der Waals surface area contributed by atoms with E-state index >= 15 is 0 Å². The minimum atomic E-state index is -0.745. The molecule has 0 aromatic heterocycles. The normalized spacial score (nSPS) is 19.1. The maximum atomic E-state index is 12.9. The molecule has 1 aliphatic carbocycles. The van der Waals surface area contributed by atoms with Crippen molar-refractivity contribution in [2.45, 2.75) is 43.6 Å². The molecule has 2 atom stereocenters. The minimum absolute atomic E-state index is 0.0313. The number of nitrogens with one attached hydrogen (secondary N) is 3. The lowest BCUT2D eigenvalue weighted by molar-refractivity contribution is 0.0827. The number of likely N-dealkylation sites (N-methyl/N-ethyl adjacent to an activating group) is 1. The standard InChI is InChI=1S/C34H45N7O/c1-23(41-18-8-9-29(41)21-35)22-38-17-16-34(33(36)37-3)30-14-12-25(24(2)39(4)5)19-26(30)10-11-27-20-28(13-15-31(27)34)32(42)40(6)7/h12-15,19-20,29,38H,1-2,8-11,16-18,22H2,3-7H3,(H2,36,37). The van der Waals surface area contributed by atoms with Crippen molar-refractivity contribution in [2.75, 3.05) is 54.9 Å². The number of amides is 1. The zero-order valence-electron chi connectivity index (χ0n) is 25.8. The van der Waals surface area contributed by atoms with Crippen LogP contribution in [0.3, 0.4) is 0 Å². The Morgan fingerprint density at radius 2 is 1.69 bits per heavy atom. The van der Waals surface area contributed by atoms with Crippen LogP contribution in [0.1, 0.15) is 57.4 Å². The predicted octanol–water partition coefficient (Wildman–Crippen LogP) is 3.98. The van der Waals surface area contributed by atoms with Gasteiger partial charge in [0.1, 0.15) is 11.9 Å². The fourth-order valence-electron chi connectivity index (χ4n) is 6.44. The molecule has 1 saturated heterocycles. The van der Waals surface area contributed by atoms with Crippen molar-refractivity contribution in [1.82, 2.24) is 25.3 Å². The Kier molecular flexibility index (Phi) is 9.43. The van der Waals surface area contributed by atoms with E-state index in [0.717, 1.165) is 65.9 Å². The van der Waals surface area contributed by atoms with Gasteiger partial charge < -0.3 is 25.3 Å². The van der Waals surface area contributed by atoms with Gasteiger partial charge in [0, 0.05) is 65.3 Å². The summed E-state index contributed by atoms with van der Waals surface area (Å²) in [5.41, 5.74) is 7.27. The van der Waals surface area contributed by atoms with Crippen molar-refractivity contribution in [1.29, 1.82) is 10.7 Å². The molecule has 2 aliphatic rings. The second-order valence-corrected chi connectivity index (χ2v) is 11.8. The second-order valence-electron chi connectivity index (χ2n) is 11.8. The number of likely N-dealkylation sites (tertiary alicyclic amines) is 1. The van der Waals surface area contributed by atoms with E-state index in [4.69, 9.17) is 0 Å². The molecule has 3 N–H and O–H groups in total. The molecule has 2 aromatic rings. The maximum Gasteiger partial charge on any atom is 0.253 e. The molecule has 1 amide bonds. The predicted molar refractivity (Wildman–Crippen MR) is 171 cm³/mol. The van der Waals surface area contributed by atoms with Crippen molar-refractivity contribution in [3.63, 3.8) is 0 Å². The number of nitrogens with zero attached hydrogens (tertiary/aromatic N) is 4. The SMILES string of the molecule is C=C(c1ccc2c(c1)CCc1cc(C(=O)N(C)C)ccc1C2(CCNCC(=C)N1CCCC1C#N)C(=N)NC)N(C)C. The van der Waals surface area contributed by atoms with Crippen molar-refractivity contribution in [3.8, 4) is 6.07 Å². The van der Waals surface area contributed by atoms with Gasteiger partial charge in [0.05, 0.1) is 11.5 Å². The van der Waals surface area contributed by atoms with Crippen molar-refractivity contribution in [2.24, 2.45) is 0 Å². The van der Waals surface area contributed by atoms with Gasteiger partial charge in [0.25, 0.3) is 5.91 Å². The highest BCUT2D eigenvalue weighted by Crippen LogP contribution is 2.44. The van der Waals surface area contributed by atoms with Crippen LogP contribution in [0.2, 0.25) is 0 Å². The average Bonchev–Trinajstić information content (AvgIpc) is 3.43. The Labute approximate surface area is 251 Å². The van der Waals surface area contributed by atoms with Crippen molar-refractivity contribution in [3.05, 3.63) is 88.6 Å². The smallest absolute Gasteiger partial charge is 0.253 e. The minimum Gasteiger partial charge on any atom is -0.378 e. The zero-order chi connectivity index (χ0) is 30.6. The Balaban J connectivity index is 1.75. The molecule has 42 heavy (non-hydrogen) atoms. The molecule has 2 unspecified atom stereocenters. The average molecular weight is 568 g/mol. The molecule has 1 fully saturated rings. The summed E-state index contributed by atoms with van der Waals surface area (Å²) in [6.45, 7) is 10.6. The largest absolute Gasteiger partial charge is 0.378 e. The number of carbonyl (C=O) groups excluding carboxylic acids is 1. The Morgan fingerprint density at radius 1 is 1.07 bits per heavy atom. The molecule has 8 nitrogen and oxygen atoms in total. The molecule has 0 radical (unpaired) electrons. The molecule has 2 aromatic carbocycles. The second kappa shape index (κ2) is 12.8. The molecule has 0 bridgehead atoms. The van der Waals surface area contributed by atoms with Crippen LogP contribution in [0.4, 0.5) is 0 Å². The third-order valence-electron chi connectivity index (χ3n) is 8.81. The van der Waals surface area contributed by atoms with E-state index in [-0.39, 0.29) is 11.9 Å². The Bertz CT molecular complexity index is 1350. The fraction of sp³-hybridized carbons (Fsp3) is 0.441. The third-order valence-corrected chi connectivity index (χ3v) is 8.81. The molecule has 1 aliphatic heterocycles. The number of carbonyl (C=O) groups is 1. The van der Waals surface area contributed by atoms with Crippen molar-refractivity contribution >= 4 is 17.4 Å². The van der Waals surface area contributed by atoms with E-state index in [1.807, 2.05) is 38.2 Å². The number of fused-ring (bicyclic) bond motifs is 2. The van der Waals surface area contributed by atoms with Crippen LogP contribution in [0.5, 0.6) is 0 Å². The van der Waals surface area contributed by atoms with Gasteiger partial charge in [-0.2, -0.15) is 5.26 Å². The summed E-state index contributed by atoms with van der Waals surface area (Å²) in [4.78, 5) is 18.6. The molecule has 8 heteroatoms. The van der Waals surface area contributed by atoms with Crippen LogP contribution in [-0.2, 0) is 18.3 Å². The topological polar surface area (TPSA) is 98.5 Å². The number of benzene rings is 2. The Hall–Kier alpha value is -4.09. The number of aryl methyl sites for hydroxylation is 2. The Morgan fingerprint density at radius 3 is 2.26 bits per heavy atom. The van der Waals surface area contributed by atoms with Crippen LogP contribution in [0.25, 0.3) is 5.70 Å². The van der Waals surface area contributed by atoms with Crippen molar-refractivity contribution < 1.29 is 4.79 Å². The third kappa shape index (κ3) is 5.79. The summed E-state index contributed by atoms with van der Waals surface area (Å²) < 4.78 is 0. The molecule has 1 heterocycles. The van der Waals surface area contributed by atoms with Gasteiger partial charge in [-0.05, 0) is 84.7 Å². The van der Waals surface area contributed by atoms with Crippen LogP contribution < -0.4 is 10.6 Å². The van der Waals surface area contributed by atoms with Gasteiger partial charge in [-0.25, -0.2) is 0 Å². The number of nitriles is 1. The highest BCUT2D eigenvalue weighted by Gasteiger charge is 2.43. The lowest BCUT2D eigenvalue weighted by Crippen LogP contribution is -2.46. The number of hydrogen-bond donors (Lipinski definition) is 3. The van der Waals surface area contributed by atoms with E-state index in [1.165, 1.54) is 5.56 Å². The molecule has 0 spiro atoms. The number of amidine groups is 1. The van der Waals surface area contributed by atoms with Gasteiger partial charge in [0.15, 0.2) is 0 Å². The highest BCUT2D eigenvalue weighted by atomic mass is 16.2. The van der Waals surface area contributed by atoms with E-state index < -0.39 is 5.41 Å². The quantitative estimate of drug-likeness (QED) is 0.228. The van der Waals surface area contributed by atoms with Gasteiger partial charge >= 0.3 is 0 Å². The van der Waals surface area contributed by atoms with E-state index in [1.54, 1.807) is 19.0 Å². The first-order valence-electron chi connectivity index (χ1n) is 14.7. The first-order chi connectivity index (χ1) is 20.0. The number of rotatable bonds is 10. The molecule has 0 saturated carbocycles. The fourth-order valence-corrected chi connectivity index (χ4v) is 6.44. The summed E-state index contributed by atoms with van der Waals surface area (Å²) in [6.07, 6.45) is 4.09. The maximum absolute atomic E-state index is 12.9. The van der Waals surface area contributed by atoms with Crippen LogP contribution in [0.15, 0.2) is 55.3 Å². The summed E-state index contributed by atoms with van der Waals surface area (Å²) in [5.74, 6) is 0.388. The lowest BCUT2D eigenvalue weighted by Gasteiger charge is -2.37. The van der Waals surface area contributed by atoms with Gasteiger partial charge in [-0.1, -0.05) is 31.4 Å². The van der Waals surface area contributed by atoms with E-state index in [0.29, 0.717) is 30.9 Å². The summed E-state index contributed by atoms with van der Waals surface area (Å²) in [6, 6.07) is 14.8. The van der Waals surface area contributed by atoms with E-state index in [9.17, 15) is 15.5 Å². The summed E-state index contributed by atoms with van der Waals surface area (Å²) >= 11 is 0. The first-order valence-corrected chi connectivity index (χ1v) is 14.7. The van der Waals surface area contributed by atoms with E-state index in [2.05, 4.69) is 59.0 Å². The monoisotopic (exact) mass is 567 g/mol. The zero-order valence-corrected chi connectivity index (χ0v) is 25.8. The molecular weight excluding hydrogens is 522 g/mol. The highest BCUT2D eigenvalue weighted by molar-refractivity contribution is 5.97. The number of hydrogen-bond acceptors (Lipinski definition) is 6.